The van der Waals surface area contributed by atoms with Crippen molar-refractivity contribution in [3.8, 4) is 17.3 Å². The molecule has 0 unspecified atom stereocenters. The molecule has 0 saturated carbocycles. The Morgan fingerprint density at radius 1 is 1.29 bits per heavy atom. The van der Waals surface area contributed by atoms with Gasteiger partial charge in [-0.3, -0.25) is 10.2 Å². The zero-order chi connectivity index (χ0) is 15.1. The molecule has 0 aliphatic carbocycles. The SMILES string of the molecule is CNNc1nccc(-c2ccc(NC(=O)CC#N)cc2)n1. The molecule has 2 aromatic rings. The summed E-state index contributed by atoms with van der Waals surface area (Å²) in [5, 5.41) is 11.1. The molecule has 2 rings (SSSR count). The number of amides is 1. The fourth-order valence-electron chi connectivity index (χ4n) is 1.69. The second kappa shape index (κ2) is 6.98. The molecule has 7 nitrogen and oxygen atoms in total. The number of nitrogens with zero attached hydrogens (tertiary/aromatic N) is 3. The maximum absolute atomic E-state index is 11.3. The summed E-state index contributed by atoms with van der Waals surface area (Å²) < 4.78 is 0. The van der Waals surface area contributed by atoms with Crippen LogP contribution in [0.1, 0.15) is 6.42 Å². The standard InChI is InChI=1S/C14H14N6O/c1-16-20-14-17-9-7-12(19-14)10-2-4-11(5-3-10)18-13(21)6-8-15/h2-5,7,9,16H,6H2,1H3,(H,18,21)(H,17,19,20). The van der Waals surface area contributed by atoms with Crippen molar-refractivity contribution >= 4 is 17.5 Å². The van der Waals surface area contributed by atoms with Crippen LogP contribution < -0.4 is 16.2 Å². The average molecular weight is 282 g/mol. The highest BCUT2D eigenvalue weighted by Crippen LogP contribution is 2.20. The number of hydrogen-bond donors (Lipinski definition) is 3. The molecular formula is C14H14N6O. The summed E-state index contributed by atoms with van der Waals surface area (Å²) in [5.41, 5.74) is 7.87. The molecule has 1 amide bonds. The Kier molecular flexibility index (Phi) is 4.79. The third kappa shape index (κ3) is 3.99. The smallest absolute Gasteiger partial charge is 0.238 e. The molecule has 0 spiro atoms. The zero-order valence-electron chi connectivity index (χ0n) is 11.4. The van der Waals surface area contributed by atoms with Gasteiger partial charge in [-0.15, -0.1) is 0 Å². The third-order valence-corrected chi connectivity index (χ3v) is 2.60. The lowest BCUT2D eigenvalue weighted by Gasteiger charge is -2.06. The van der Waals surface area contributed by atoms with Crippen LogP contribution in [0.5, 0.6) is 0 Å². The fourth-order valence-corrected chi connectivity index (χ4v) is 1.69. The van der Waals surface area contributed by atoms with Crippen LogP contribution in [0.15, 0.2) is 36.5 Å². The molecule has 106 valence electrons. The summed E-state index contributed by atoms with van der Waals surface area (Å²) in [6.07, 6.45) is 1.50. The summed E-state index contributed by atoms with van der Waals surface area (Å²) in [6.45, 7) is 0. The van der Waals surface area contributed by atoms with Crippen molar-refractivity contribution in [2.24, 2.45) is 0 Å². The zero-order valence-corrected chi connectivity index (χ0v) is 11.4. The van der Waals surface area contributed by atoms with Crippen LogP contribution in [0.2, 0.25) is 0 Å². The summed E-state index contributed by atoms with van der Waals surface area (Å²) in [5.74, 6) is 0.147. The molecule has 7 heteroatoms. The molecule has 21 heavy (non-hydrogen) atoms. The number of carbonyl (C=O) groups excluding carboxylic acids is 1. The first kappa shape index (κ1) is 14.4. The molecule has 0 fully saturated rings. The normalized spacial score (nSPS) is 9.71. The van der Waals surface area contributed by atoms with Gasteiger partial charge in [0.15, 0.2) is 0 Å². The lowest BCUT2D eigenvalue weighted by molar-refractivity contribution is -0.115. The van der Waals surface area contributed by atoms with E-state index in [1.54, 1.807) is 37.5 Å². The first-order valence-electron chi connectivity index (χ1n) is 6.26. The van der Waals surface area contributed by atoms with E-state index in [2.05, 4.69) is 26.1 Å². The van der Waals surface area contributed by atoms with E-state index in [0.29, 0.717) is 11.6 Å². The molecule has 1 aromatic heterocycles. The molecule has 0 saturated heterocycles. The summed E-state index contributed by atoms with van der Waals surface area (Å²) >= 11 is 0. The topological polar surface area (TPSA) is 103 Å². The molecule has 0 bridgehead atoms. The Labute approximate surface area is 122 Å². The predicted octanol–water partition coefficient (Wildman–Crippen LogP) is 1.54. The monoisotopic (exact) mass is 282 g/mol. The van der Waals surface area contributed by atoms with Gasteiger partial charge in [-0.2, -0.15) is 5.26 Å². The van der Waals surface area contributed by atoms with Gasteiger partial charge in [0.1, 0.15) is 6.42 Å². The van der Waals surface area contributed by atoms with Crippen LogP contribution in [-0.2, 0) is 4.79 Å². The molecule has 0 radical (unpaired) electrons. The van der Waals surface area contributed by atoms with Gasteiger partial charge in [0, 0.05) is 24.5 Å². The van der Waals surface area contributed by atoms with Crippen molar-refractivity contribution in [2.75, 3.05) is 17.8 Å². The number of hydrazine groups is 1. The Bertz CT molecular complexity index is 662. The van der Waals surface area contributed by atoms with E-state index in [1.165, 1.54) is 0 Å². The fraction of sp³-hybridized carbons (Fsp3) is 0.143. The van der Waals surface area contributed by atoms with E-state index in [-0.39, 0.29) is 12.3 Å². The summed E-state index contributed by atoms with van der Waals surface area (Å²) in [4.78, 5) is 19.7. The molecular weight excluding hydrogens is 268 g/mol. The molecule has 0 atom stereocenters. The van der Waals surface area contributed by atoms with E-state index in [4.69, 9.17) is 5.26 Å². The highest BCUT2D eigenvalue weighted by Gasteiger charge is 2.04. The van der Waals surface area contributed by atoms with Crippen molar-refractivity contribution in [3.05, 3.63) is 36.5 Å². The highest BCUT2D eigenvalue weighted by atomic mass is 16.1. The lowest BCUT2D eigenvalue weighted by atomic mass is 10.1. The number of rotatable bonds is 5. The van der Waals surface area contributed by atoms with Crippen molar-refractivity contribution < 1.29 is 4.79 Å². The average Bonchev–Trinajstić information content (AvgIpc) is 2.49. The number of anilines is 2. The van der Waals surface area contributed by atoms with Crippen LogP contribution in [0.3, 0.4) is 0 Å². The number of aromatic nitrogens is 2. The third-order valence-electron chi connectivity index (χ3n) is 2.60. The summed E-state index contributed by atoms with van der Waals surface area (Å²) in [6, 6.07) is 10.8. The van der Waals surface area contributed by atoms with Gasteiger partial charge in [-0.25, -0.2) is 15.4 Å². The van der Waals surface area contributed by atoms with E-state index in [0.717, 1.165) is 11.3 Å². The van der Waals surface area contributed by atoms with Crippen LogP contribution in [0, 0.1) is 11.3 Å². The number of benzene rings is 1. The van der Waals surface area contributed by atoms with Crippen molar-refractivity contribution in [1.29, 1.82) is 5.26 Å². The Hall–Kier alpha value is -2.98. The largest absolute Gasteiger partial charge is 0.325 e. The van der Waals surface area contributed by atoms with Gasteiger partial charge in [-0.1, -0.05) is 12.1 Å². The van der Waals surface area contributed by atoms with Gasteiger partial charge in [0.2, 0.25) is 11.9 Å². The van der Waals surface area contributed by atoms with Gasteiger partial charge in [-0.05, 0) is 18.2 Å². The Morgan fingerprint density at radius 3 is 2.71 bits per heavy atom. The minimum atomic E-state index is -0.326. The van der Waals surface area contributed by atoms with Gasteiger partial charge in [0.25, 0.3) is 0 Å². The Morgan fingerprint density at radius 2 is 2.05 bits per heavy atom. The lowest BCUT2D eigenvalue weighted by Crippen LogP contribution is -2.17. The second-order valence-corrected chi connectivity index (χ2v) is 4.10. The first-order valence-corrected chi connectivity index (χ1v) is 6.26. The Balaban J connectivity index is 2.13. The van der Waals surface area contributed by atoms with Crippen molar-refractivity contribution in [2.45, 2.75) is 6.42 Å². The minimum absolute atomic E-state index is 0.160. The number of hydrogen-bond acceptors (Lipinski definition) is 6. The van der Waals surface area contributed by atoms with Crippen LogP contribution in [0.25, 0.3) is 11.3 Å². The van der Waals surface area contributed by atoms with E-state index < -0.39 is 0 Å². The van der Waals surface area contributed by atoms with E-state index in [9.17, 15) is 4.79 Å². The highest BCUT2D eigenvalue weighted by molar-refractivity contribution is 5.92. The van der Waals surface area contributed by atoms with E-state index >= 15 is 0 Å². The minimum Gasteiger partial charge on any atom is -0.325 e. The number of nitrogens with one attached hydrogen (secondary N) is 3. The number of carbonyl (C=O) groups is 1. The van der Waals surface area contributed by atoms with Crippen molar-refractivity contribution in [1.82, 2.24) is 15.4 Å². The van der Waals surface area contributed by atoms with Crippen LogP contribution in [0.4, 0.5) is 11.6 Å². The van der Waals surface area contributed by atoms with E-state index in [1.807, 2.05) is 12.1 Å². The van der Waals surface area contributed by atoms with Crippen LogP contribution in [-0.4, -0.2) is 22.9 Å². The van der Waals surface area contributed by atoms with Gasteiger partial charge >= 0.3 is 0 Å². The van der Waals surface area contributed by atoms with Gasteiger partial charge < -0.3 is 5.32 Å². The maximum atomic E-state index is 11.3. The first-order chi connectivity index (χ1) is 10.2. The number of nitriles is 1. The second-order valence-electron chi connectivity index (χ2n) is 4.10. The molecule has 1 heterocycles. The van der Waals surface area contributed by atoms with Crippen LogP contribution >= 0.6 is 0 Å². The molecule has 0 aliphatic rings. The molecule has 3 N–H and O–H groups in total. The van der Waals surface area contributed by atoms with Crippen molar-refractivity contribution in [3.63, 3.8) is 0 Å². The predicted molar refractivity (Wildman–Crippen MR) is 79.0 cm³/mol. The maximum Gasteiger partial charge on any atom is 0.238 e. The summed E-state index contributed by atoms with van der Waals surface area (Å²) in [7, 11) is 1.73. The quantitative estimate of drug-likeness (QED) is 0.719. The molecule has 0 aliphatic heterocycles. The van der Waals surface area contributed by atoms with Gasteiger partial charge in [0.05, 0.1) is 11.8 Å². The molecule has 1 aromatic carbocycles.